The highest BCUT2D eigenvalue weighted by molar-refractivity contribution is 5.11. The summed E-state index contributed by atoms with van der Waals surface area (Å²) < 4.78 is 5.85. The van der Waals surface area contributed by atoms with Crippen molar-refractivity contribution in [3.63, 3.8) is 0 Å². The van der Waals surface area contributed by atoms with E-state index in [-0.39, 0.29) is 5.41 Å². The first-order valence-corrected chi connectivity index (χ1v) is 8.88. The molecule has 1 atom stereocenters. The first kappa shape index (κ1) is 17.1. The fraction of sp³-hybridized carbons (Fsp3) is 0.500. The standard InChI is InChI=1S/C20H27N3O/c1-2-24-17-20(8-7-18-5-3-10-21-13-18)9-12-23(16-20)15-19-6-4-11-22-14-19/h3-6,10-11,13-14H,2,7-9,12,15-17H2,1H3. The Morgan fingerprint density at radius 3 is 2.54 bits per heavy atom. The van der Waals surface area contributed by atoms with E-state index in [9.17, 15) is 0 Å². The van der Waals surface area contributed by atoms with Crippen molar-refractivity contribution in [2.75, 3.05) is 26.3 Å². The maximum Gasteiger partial charge on any atom is 0.0535 e. The number of rotatable bonds is 8. The third kappa shape index (κ3) is 4.62. The third-order valence-electron chi connectivity index (χ3n) is 4.93. The van der Waals surface area contributed by atoms with Crippen molar-refractivity contribution >= 4 is 0 Å². The van der Waals surface area contributed by atoms with Crippen molar-refractivity contribution in [2.24, 2.45) is 5.41 Å². The van der Waals surface area contributed by atoms with Crippen molar-refractivity contribution in [2.45, 2.75) is 32.7 Å². The molecule has 0 N–H and O–H groups in total. The number of likely N-dealkylation sites (tertiary alicyclic amines) is 1. The number of aryl methyl sites for hydroxylation is 1. The highest BCUT2D eigenvalue weighted by Gasteiger charge is 2.37. The zero-order valence-corrected chi connectivity index (χ0v) is 14.5. The van der Waals surface area contributed by atoms with E-state index >= 15 is 0 Å². The molecule has 1 unspecified atom stereocenters. The molecular formula is C20H27N3O. The summed E-state index contributed by atoms with van der Waals surface area (Å²) in [6, 6.07) is 8.37. The monoisotopic (exact) mass is 325 g/mol. The molecule has 128 valence electrons. The maximum atomic E-state index is 5.85. The van der Waals surface area contributed by atoms with Gasteiger partial charge >= 0.3 is 0 Å². The zero-order valence-electron chi connectivity index (χ0n) is 14.5. The minimum atomic E-state index is 0.258. The van der Waals surface area contributed by atoms with E-state index < -0.39 is 0 Å². The molecule has 0 amide bonds. The summed E-state index contributed by atoms with van der Waals surface area (Å²) in [5.41, 5.74) is 2.87. The fourth-order valence-corrected chi connectivity index (χ4v) is 3.58. The Morgan fingerprint density at radius 1 is 1.12 bits per heavy atom. The van der Waals surface area contributed by atoms with Crippen molar-refractivity contribution in [3.05, 3.63) is 60.2 Å². The van der Waals surface area contributed by atoms with Crippen LogP contribution in [0.4, 0.5) is 0 Å². The quantitative estimate of drug-likeness (QED) is 0.746. The molecule has 0 radical (unpaired) electrons. The van der Waals surface area contributed by atoms with E-state index in [1.54, 1.807) is 0 Å². The van der Waals surface area contributed by atoms with Crippen LogP contribution in [0.3, 0.4) is 0 Å². The molecule has 3 heterocycles. The lowest BCUT2D eigenvalue weighted by atomic mass is 9.82. The molecule has 0 spiro atoms. The zero-order chi connectivity index (χ0) is 16.7. The van der Waals surface area contributed by atoms with Gasteiger partial charge in [0, 0.05) is 49.9 Å². The minimum absolute atomic E-state index is 0.258. The van der Waals surface area contributed by atoms with Crippen LogP contribution in [0, 0.1) is 5.41 Å². The number of ether oxygens (including phenoxy) is 1. The molecule has 4 heteroatoms. The van der Waals surface area contributed by atoms with Gasteiger partial charge < -0.3 is 4.74 Å². The van der Waals surface area contributed by atoms with Gasteiger partial charge in [-0.1, -0.05) is 12.1 Å². The molecule has 3 rings (SSSR count). The van der Waals surface area contributed by atoms with Crippen LogP contribution >= 0.6 is 0 Å². The SMILES string of the molecule is CCOCC1(CCc2cccnc2)CCN(Cc2cccnc2)C1. The van der Waals surface area contributed by atoms with Crippen molar-refractivity contribution < 1.29 is 4.74 Å². The van der Waals surface area contributed by atoms with Crippen molar-refractivity contribution in [3.8, 4) is 0 Å². The van der Waals surface area contributed by atoms with Gasteiger partial charge in [0.25, 0.3) is 0 Å². The Hall–Kier alpha value is -1.78. The predicted octanol–water partition coefficient (Wildman–Crippen LogP) is 3.34. The molecule has 1 aliphatic rings. The number of nitrogens with zero attached hydrogens (tertiary/aromatic N) is 3. The second kappa shape index (κ2) is 8.36. The van der Waals surface area contributed by atoms with E-state index in [1.807, 2.05) is 36.9 Å². The molecular weight excluding hydrogens is 298 g/mol. The van der Waals surface area contributed by atoms with Gasteiger partial charge in [0.2, 0.25) is 0 Å². The maximum absolute atomic E-state index is 5.85. The van der Waals surface area contributed by atoms with Crippen LogP contribution in [0.2, 0.25) is 0 Å². The normalized spacial score (nSPS) is 21.2. The molecule has 4 nitrogen and oxygen atoms in total. The van der Waals surface area contributed by atoms with E-state index in [2.05, 4.69) is 33.9 Å². The van der Waals surface area contributed by atoms with E-state index in [1.165, 1.54) is 17.5 Å². The molecule has 1 fully saturated rings. The molecule has 0 bridgehead atoms. The minimum Gasteiger partial charge on any atom is -0.381 e. The lowest BCUT2D eigenvalue weighted by molar-refractivity contribution is 0.0489. The molecule has 0 aromatic carbocycles. The van der Waals surface area contributed by atoms with Crippen LogP contribution in [0.25, 0.3) is 0 Å². The summed E-state index contributed by atoms with van der Waals surface area (Å²) >= 11 is 0. The first-order valence-electron chi connectivity index (χ1n) is 8.88. The highest BCUT2D eigenvalue weighted by atomic mass is 16.5. The van der Waals surface area contributed by atoms with Crippen LogP contribution in [-0.4, -0.2) is 41.2 Å². The Balaban J connectivity index is 1.61. The van der Waals surface area contributed by atoms with Crippen LogP contribution in [0.15, 0.2) is 49.1 Å². The van der Waals surface area contributed by atoms with Gasteiger partial charge in [0.05, 0.1) is 6.61 Å². The molecule has 24 heavy (non-hydrogen) atoms. The lowest BCUT2D eigenvalue weighted by Gasteiger charge is -2.29. The molecule has 1 aliphatic heterocycles. The van der Waals surface area contributed by atoms with E-state index in [0.717, 1.165) is 45.7 Å². The van der Waals surface area contributed by atoms with Gasteiger partial charge in [-0.25, -0.2) is 0 Å². The van der Waals surface area contributed by atoms with Gasteiger partial charge in [0.15, 0.2) is 0 Å². The molecule has 0 aliphatic carbocycles. The van der Waals surface area contributed by atoms with Crippen LogP contribution in [-0.2, 0) is 17.7 Å². The Labute approximate surface area is 144 Å². The largest absolute Gasteiger partial charge is 0.381 e. The van der Waals surface area contributed by atoms with Gasteiger partial charge in [0.1, 0.15) is 0 Å². The van der Waals surface area contributed by atoms with Crippen molar-refractivity contribution in [1.29, 1.82) is 0 Å². The fourth-order valence-electron chi connectivity index (χ4n) is 3.58. The summed E-state index contributed by atoms with van der Waals surface area (Å²) in [6.07, 6.45) is 11.1. The Morgan fingerprint density at radius 2 is 1.88 bits per heavy atom. The summed E-state index contributed by atoms with van der Waals surface area (Å²) in [5, 5.41) is 0. The number of hydrogen-bond acceptors (Lipinski definition) is 4. The Bertz CT molecular complexity index is 605. The van der Waals surface area contributed by atoms with Crippen LogP contribution in [0.1, 0.15) is 30.9 Å². The number of aromatic nitrogens is 2. The number of pyridine rings is 2. The topological polar surface area (TPSA) is 38.2 Å². The van der Waals surface area contributed by atoms with Gasteiger partial charge in [-0.3, -0.25) is 14.9 Å². The molecule has 2 aromatic heterocycles. The molecule has 2 aromatic rings. The molecule has 1 saturated heterocycles. The first-order chi connectivity index (χ1) is 11.8. The Kier molecular flexibility index (Phi) is 5.94. The molecule has 0 saturated carbocycles. The van der Waals surface area contributed by atoms with Crippen LogP contribution < -0.4 is 0 Å². The van der Waals surface area contributed by atoms with Gasteiger partial charge in [-0.2, -0.15) is 0 Å². The highest BCUT2D eigenvalue weighted by Crippen LogP contribution is 2.36. The smallest absolute Gasteiger partial charge is 0.0535 e. The third-order valence-corrected chi connectivity index (χ3v) is 4.93. The van der Waals surface area contributed by atoms with Crippen LogP contribution in [0.5, 0.6) is 0 Å². The second-order valence-corrected chi connectivity index (χ2v) is 6.82. The summed E-state index contributed by atoms with van der Waals surface area (Å²) in [6.45, 7) is 6.94. The van der Waals surface area contributed by atoms with Gasteiger partial charge in [-0.15, -0.1) is 0 Å². The van der Waals surface area contributed by atoms with Gasteiger partial charge in [-0.05, 0) is 56.0 Å². The predicted molar refractivity (Wildman–Crippen MR) is 95.6 cm³/mol. The lowest BCUT2D eigenvalue weighted by Crippen LogP contribution is -2.32. The number of hydrogen-bond donors (Lipinski definition) is 0. The van der Waals surface area contributed by atoms with Crippen molar-refractivity contribution in [1.82, 2.24) is 14.9 Å². The van der Waals surface area contributed by atoms with E-state index in [0.29, 0.717) is 0 Å². The van der Waals surface area contributed by atoms with E-state index in [4.69, 9.17) is 4.74 Å². The average molecular weight is 325 g/mol. The average Bonchev–Trinajstić information content (AvgIpc) is 3.03. The summed E-state index contributed by atoms with van der Waals surface area (Å²) in [4.78, 5) is 11.0. The summed E-state index contributed by atoms with van der Waals surface area (Å²) in [5.74, 6) is 0. The summed E-state index contributed by atoms with van der Waals surface area (Å²) in [7, 11) is 0. The second-order valence-electron chi connectivity index (χ2n) is 6.82.